The van der Waals surface area contributed by atoms with Gasteiger partial charge in [-0.25, -0.2) is 13.4 Å². The smallest absolute Gasteiger partial charge is 0.256 e. The molecule has 4 rings (SSSR count). The van der Waals surface area contributed by atoms with Crippen molar-refractivity contribution >= 4 is 27.1 Å². The Morgan fingerprint density at radius 2 is 1.88 bits per heavy atom. The lowest BCUT2D eigenvalue weighted by molar-refractivity contribution is 0.102. The summed E-state index contributed by atoms with van der Waals surface area (Å²) in [5, 5.41) is 2.77. The van der Waals surface area contributed by atoms with Gasteiger partial charge in [0, 0.05) is 24.1 Å². The third-order valence-electron chi connectivity index (χ3n) is 4.83. The van der Waals surface area contributed by atoms with Crippen LogP contribution in [0.2, 0.25) is 0 Å². The van der Waals surface area contributed by atoms with Gasteiger partial charge >= 0.3 is 0 Å². The molecule has 0 aliphatic carbocycles. The van der Waals surface area contributed by atoms with Crippen LogP contribution in [0.25, 0.3) is 5.65 Å². The van der Waals surface area contributed by atoms with E-state index < -0.39 is 15.7 Å². The van der Waals surface area contributed by atoms with Crippen LogP contribution in [0, 0.1) is 0 Å². The zero-order valence-electron chi connectivity index (χ0n) is 17.6. The number of aromatic nitrogens is 2. The summed E-state index contributed by atoms with van der Waals surface area (Å²) >= 11 is 0. The molecule has 1 N–H and O–H groups in total. The van der Waals surface area contributed by atoms with E-state index in [2.05, 4.69) is 10.3 Å². The molecule has 1 amide bonds. The van der Waals surface area contributed by atoms with Crippen molar-refractivity contribution in [3.05, 3.63) is 90.4 Å². The number of ether oxygens (including phenoxy) is 1. The number of rotatable bonds is 8. The minimum Gasteiger partial charge on any atom is -0.487 e. The van der Waals surface area contributed by atoms with E-state index in [-0.39, 0.29) is 22.8 Å². The summed E-state index contributed by atoms with van der Waals surface area (Å²) in [5.74, 6) is 0.0634. The molecule has 0 aliphatic rings. The van der Waals surface area contributed by atoms with Gasteiger partial charge in [-0.15, -0.1) is 0 Å². The Morgan fingerprint density at radius 1 is 1.06 bits per heavy atom. The first-order valence-corrected chi connectivity index (χ1v) is 11.9. The van der Waals surface area contributed by atoms with E-state index in [4.69, 9.17) is 4.74 Å². The van der Waals surface area contributed by atoms with E-state index in [1.54, 1.807) is 43.3 Å². The molecule has 0 saturated heterocycles. The molecular formula is C24H23N3O4S. The minimum atomic E-state index is -3.53. The molecule has 4 aromatic rings. The number of imidazole rings is 1. The Bertz CT molecular complexity index is 1330. The molecule has 0 radical (unpaired) electrons. The molecule has 0 aliphatic heterocycles. The highest BCUT2D eigenvalue weighted by molar-refractivity contribution is 7.91. The Kier molecular flexibility index (Phi) is 6.23. The lowest BCUT2D eigenvalue weighted by Crippen LogP contribution is -2.17. The fourth-order valence-electron chi connectivity index (χ4n) is 3.38. The molecule has 2 aromatic carbocycles. The second kappa shape index (κ2) is 9.23. The van der Waals surface area contributed by atoms with Crippen LogP contribution in [0.1, 0.15) is 29.4 Å². The number of nitrogens with one attached hydrogen (secondary N) is 1. The lowest BCUT2D eigenvalue weighted by atomic mass is 10.2. The molecular weight excluding hydrogens is 426 g/mol. The number of carbonyl (C=O) groups excluding carboxylic acids is 1. The van der Waals surface area contributed by atoms with E-state index in [0.29, 0.717) is 17.9 Å². The molecule has 164 valence electrons. The maximum atomic E-state index is 12.8. The van der Waals surface area contributed by atoms with Gasteiger partial charge in [0.2, 0.25) is 0 Å². The summed E-state index contributed by atoms with van der Waals surface area (Å²) < 4.78 is 32.8. The van der Waals surface area contributed by atoms with Crippen molar-refractivity contribution in [1.82, 2.24) is 9.38 Å². The summed E-state index contributed by atoms with van der Waals surface area (Å²) in [6.07, 6.45) is 4.29. The van der Waals surface area contributed by atoms with E-state index in [9.17, 15) is 13.2 Å². The normalized spacial score (nSPS) is 11.4. The van der Waals surface area contributed by atoms with Gasteiger partial charge in [0.25, 0.3) is 5.91 Å². The van der Waals surface area contributed by atoms with Crippen LogP contribution in [0.3, 0.4) is 0 Å². The standard InChI is InChI=1S/C24H23N3O4S/c1-2-14-32(29,30)22-11-4-3-10-21(22)24(28)26-18-8-7-9-20(15-18)31-17-19-16-27-13-6-5-12-23(27)25-19/h3-13,15-16H,2,14,17H2,1H3,(H,26,28). The monoisotopic (exact) mass is 449 g/mol. The predicted octanol–water partition coefficient (Wildman–Crippen LogP) is 4.35. The number of carbonyl (C=O) groups is 1. The van der Waals surface area contributed by atoms with Crippen molar-refractivity contribution in [1.29, 1.82) is 0 Å². The van der Waals surface area contributed by atoms with Crippen molar-refractivity contribution in [3.8, 4) is 5.75 Å². The lowest BCUT2D eigenvalue weighted by Gasteiger charge is -2.11. The van der Waals surface area contributed by atoms with Crippen molar-refractivity contribution in [2.75, 3.05) is 11.1 Å². The van der Waals surface area contributed by atoms with Gasteiger partial charge in [0.1, 0.15) is 18.0 Å². The van der Waals surface area contributed by atoms with E-state index in [1.807, 2.05) is 35.0 Å². The third-order valence-corrected chi connectivity index (χ3v) is 6.80. The van der Waals surface area contributed by atoms with Gasteiger partial charge in [-0.05, 0) is 42.8 Å². The van der Waals surface area contributed by atoms with E-state index in [1.165, 1.54) is 12.1 Å². The predicted molar refractivity (Wildman–Crippen MR) is 123 cm³/mol. The van der Waals surface area contributed by atoms with Crippen molar-refractivity contribution < 1.29 is 17.9 Å². The first-order chi connectivity index (χ1) is 15.5. The summed E-state index contributed by atoms with van der Waals surface area (Å²) in [6, 6.07) is 19.0. The summed E-state index contributed by atoms with van der Waals surface area (Å²) in [7, 11) is -3.53. The number of anilines is 1. The van der Waals surface area contributed by atoms with E-state index >= 15 is 0 Å². The second-order valence-electron chi connectivity index (χ2n) is 7.28. The number of fused-ring (bicyclic) bond motifs is 1. The van der Waals surface area contributed by atoms with E-state index in [0.717, 1.165) is 11.3 Å². The topological polar surface area (TPSA) is 89.8 Å². The Balaban J connectivity index is 1.48. The molecule has 0 spiro atoms. The van der Waals surface area contributed by atoms with Gasteiger partial charge in [-0.3, -0.25) is 4.79 Å². The molecule has 8 heteroatoms. The van der Waals surface area contributed by atoms with Crippen LogP contribution in [-0.4, -0.2) is 29.5 Å². The van der Waals surface area contributed by atoms with Crippen molar-refractivity contribution in [2.24, 2.45) is 0 Å². The second-order valence-corrected chi connectivity index (χ2v) is 9.36. The largest absolute Gasteiger partial charge is 0.487 e. The summed E-state index contributed by atoms with van der Waals surface area (Å²) in [6.45, 7) is 2.06. The Labute approximate surface area is 186 Å². The first kappa shape index (κ1) is 21.6. The fourth-order valence-corrected chi connectivity index (χ4v) is 4.92. The molecule has 0 fully saturated rings. The van der Waals surface area contributed by atoms with Gasteiger partial charge in [-0.1, -0.05) is 31.2 Å². The minimum absolute atomic E-state index is 0.0102. The van der Waals surface area contributed by atoms with Crippen LogP contribution in [0.4, 0.5) is 5.69 Å². The number of hydrogen-bond acceptors (Lipinski definition) is 5. The number of hydrogen-bond donors (Lipinski definition) is 1. The maximum absolute atomic E-state index is 12.8. The molecule has 0 unspecified atom stereocenters. The van der Waals surface area contributed by atoms with Crippen LogP contribution < -0.4 is 10.1 Å². The van der Waals surface area contributed by atoms with Gasteiger partial charge in [0.15, 0.2) is 9.84 Å². The summed E-state index contributed by atoms with van der Waals surface area (Å²) in [4.78, 5) is 17.4. The van der Waals surface area contributed by atoms with Gasteiger partial charge in [-0.2, -0.15) is 0 Å². The highest BCUT2D eigenvalue weighted by Crippen LogP contribution is 2.22. The van der Waals surface area contributed by atoms with Gasteiger partial charge < -0.3 is 14.5 Å². The number of sulfone groups is 1. The van der Waals surface area contributed by atoms with Crippen LogP contribution >= 0.6 is 0 Å². The maximum Gasteiger partial charge on any atom is 0.256 e. The number of amides is 1. The molecule has 7 nitrogen and oxygen atoms in total. The first-order valence-electron chi connectivity index (χ1n) is 10.2. The Hall–Kier alpha value is -3.65. The number of benzene rings is 2. The van der Waals surface area contributed by atoms with Crippen LogP contribution in [0.15, 0.2) is 84.0 Å². The molecule has 2 aromatic heterocycles. The third kappa shape index (κ3) is 4.81. The van der Waals surface area contributed by atoms with Crippen LogP contribution in [0.5, 0.6) is 5.75 Å². The molecule has 0 atom stereocenters. The van der Waals surface area contributed by atoms with Crippen molar-refractivity contribution in [3.63, 3.8) is 0 Å². The highest BCUT2D eigenvalue weighted by Gasteiger charge is 2.21. The SMILES string of the molecule is CCCS(=O)(=O)c1ccccc1C(=O)Nc1cccc(OCc2cn3ccccc3n2)c1. The average molecular weight is 450 g/mol. The fraction of sp³-hybridized carbons (Fsp3) is 0.167. The molecule has 0 saturated carbocycles. The quantitative estimate of drug-likeness (QED) is 0.432. The van der Waals surface area contributed by atoms with Crippen LogP contribution in [-0.2, 0) is 16.4 Å². The molecule has 32 heavy (non-hydrogen) atoms. The zero-order valence-corrected chi connectivity index (χ0v) is 18.4. The number of pyridine rings is 1. The molecule has 0 bridgehead atoms. The van der Waals surface area contributed by atoms with Gasteiger partial charge in [0.05, 0.1) is 21.9 Å². The average Bonchev–Trinajstić information content (AvgIpc) is 3.21. The number of nitrogens with zero attached hydrogens (tertiary/aromatic N) is 2. The van der Waals surface area contributed by atoms with Crippen molar-refractivity contribution in [2.45, 2.75) is 24.8 Å². The summed E-state index contributed by atoms with van der Waals surface area (Å²) in [5.41, 5.74) is 2.24. The zero-order chi connectivity index (χ0) is 22.6. The highest BCUT2D eigenvalue weighted by atomic mass is 32.2. The Morgan fingerprint density at radius 3 is 2.69 bits per heavy atom. The molecule has 2 heterocycles.